The molecule has 20 heavy (non-hydrogen) atoms. The van der Waals surface area contributed by atoms with E-state index in [4.69, 9.17) is 9.47 Å². The number of benzene rings is 1. The summed E-state index contributed by atoms with van der Waals surface area (Å²) in [6.07, 6.45) is 2.70. The van der Waals surface area contributed by atoms with Crippen molar-refractivity contribution < 1.29 is 9.47 Å². The Labute approximate surface area is 122 Å². The highest BCUT2D eigenvalue weighted by Gasteiger charge is 2.11. The number of para-hydroxylation sites is 1. The average Bonchev–Trinajstić information content (AvgIpc) is 2.97. The predicted octanol–water partition coefficient (Wildman–Crippen LogP) is 2.28. The smallest absolute Gasteiger partial charge is 0.165 e. The first kappa shape index (κ1) is 15.1. The number of methoxy groups -OCH3 is 1. The van der Waals surface area contributed by atoms with Crippen molar-refractivity contribution in [3.63, 3.8) is 0 Å². The van der Waals surface area contributed by atoms with Gasteiger partial charge in [0.15, 0.2) is 11.5 Å². The van der Waals surface area contributed by atoms with E-state index in [1.807, 2.05) is 19.1 Å². The molecule has 112 valence electrons. The summed E-state index contributed by atoms with van der Waals surface area (Å²) in [5.74, 6) is 1.68. The molecule has 0 aliphatic carbocycles. The van der Waals surface area contributed by atoms with Crippen LogP contribution in [-0.2, 0) is 6.54 Å². The first-order valence-corrected chi connectivity index (χ1v) is 7.57. The van der Waals surface area contributed by atoms with E-state index in [1.54, 1.807) is 7.11 Å². The van der Waals surface area contributed by atoms with E-state index in [-0.39, 0.29) is 0 Å². The monoisotopic (exact) mass is 278 g/mol. The fraction of sp³-hybridized carbons (Fsp3) is 0.625. The Morgan fingerprint density at radius 3 is 2.75 bits per heavy atom. The van der Waals surface area contributed by atoms with Crippen LogP contribution in [0.25, 0.3) is 0 Å². The highest BCUT2D eigenvalue weighted by Crippen LogP contribution is 2.30. The van der Waals surface area contributed by atoms with E-state index in [0.717, 1.165) is 36.7 Å². The van der Waals surface area contributed by atoms with Gasteiger partial charge in [-0.2, -0.15) is 0 Å². The van der Waals surface area contributed by atoms with E-state index in [1.165, 1.54) is 25.9 Å². The first-order valence-electron chi connectivity index (χ1n) is 7.57. The summed E-state index contributed by atoms with van der Waals surface area (Å²) in [6, 6.07) is 6.06. The molecule has 0 bridgehead atoms. The van der Waals surface area contributed by atoms with Gasteiger partial charge < -0.3 is 19.7 Å². The number of likely N-dealkylation sites (tertiary alicyclic amines) is 1. The van der Waals surface area contributed by atoms with Crippen LogP contribution in [-0.4, -0.2) is 44.8 Å². The summed E-state index contributed by atoms with van der Waals surface area (Å²) in [6.45, 7) is 8.12. The zero-order chi connectivity index (χ0) is 14.2. The van der Waals surface area contributed by atoms with Gasteiger partial charge in [0, 0.05) is 25.2 Å². The molecule has 4 nitrogen and oxygen atoms in total. The lowest BCUT2D eigenvalue weighted by atomic mass is 10.2. The van der Waals surface area contributed by atoms with Gasteiger partial charge in [0.2, 0.25) is 0 Å². The molecule has 0 aromatic heterocycles. The van der Waals surface area contributed by atoms with Crippen molar-refractivity contribution in [2.75, 3.05) is 39.9 Å². The van der Waals surface area contributed by atoms with Gasteiger partial charge in [-0.1, -0.05) is 12.1 Å². The van der Waals surface area contributed by atoms with Crippen LogP contribution >= 0.6 is 0 Å². The summed E-state index contributed by atoms with van der Waals surface area (Å²) in [5.41, 5.74) is 1.15. The maximum atomic E-state index is 5.60. The summed E-state index contributed by atoms with van der Waals surface area (Å²) in [7, 11) is 1.70. The highest BCUT2D eigenvalue weighted by molar-refractivity contribution is 5.46. The molecule has 1 aliphatic heterocycles. The van der Waals surface area contributed by atoms with Crippen molar-refractivity contribution in [2.24, 2.45) is 0 Å². The van der Waals surface area contributed by atoms with Crippen molar-refractivity contribution in [3.8, 4) is 11.5 Å². The van der Waals surface area contributed by atoms with Crippen LogP contribution in [0.2, 0.25) is 0 Å². The van der Waals surface area contributed by atoms with E-state index in [0.29, 0.717) is 6.61 Å². The van der Waals surface area contributed by atoms with Crippen LogP contribution in [0, 0.1) is 0 Å². The van der Waals surface area contributed by atoms with Crippen LogP contribution in [0.4, 0.5) is 0 Å². The molecule has 4 heteroatoms. The van der Waals surface area contributed by atoms with Crippen LogP contribution in [0.1, 0.15) is 25.3 Å². The molecule has 0 unspecified atom stereocenters. The van der Waals surface area contributed by atoms with Gasteiger partial charge in [-0.25, -0.2) is 0 Å². The second-order valence-corrected chi connectivity index (χ2v) is 5.11. The second kappa shape index (κ2) is 8.12. The van der Waals surface area contributed by atoms with Gasteiger partial charge in [-0.15, -0.1) is 0 Å². The number of rotatable bonds is 8. The molecule has 0 spiro atoms. The Balaban J connectivity index is 1.83. The molecule has 0 atom stereocenters. The molecule has 1 aromatic carbocycles. The van der Waals surface area contributed by atoms with Gasteiger partial charge in [0.25, 0.3) is 0 Å². The summed E-state index contributed by atoms with van der Waals surface area (Å²) in [5, 5.41) is 3.50. The summed E-state index contributed by atoms with van der Waals surface area (Å²) < 4.78 is 11.1. The van der Waals surface area contributed by atoms with Crippen LogP contribution in [0.5, 0.6) is 11.5 Å². The van der Waals surface area contributed by atoms with Crippen molar-refractivity contribution in [1.29, 1.82) is 0 Å². The van der Waals surface area contributed by atoms with Crippen LogP contribution in [0.15, 0.2) is 18.2 Å². The topological polar surface area (TPSA) is 33.7 Å². The largest absolute Gasteiger partial charge is 0.493 e. The van der Waals surface area contributed by atoms with Gasteiger partial charge in [-0.05, 0) is 38.9 Å². The molecule has 1 N–H and O–H groups in total. The van der Waals surface area contributed by atoms with Gasteiger partial charge in [-0.3, -0.25) is 0 Å². The normalized spacial score (nSPS) is 15.5. The number of hydrogen-bond donors (Lipinski definition) is 1. The Bertz CT molecular complexity index is 403. The molecule has 1 saturated heterocycles. The van der Waals surface area contributed by atoms with Crippen molar-refractivity contribution in [2.45, 2.75) is 26.3 Å². The minimum atomic E-state index is 0.655. The zero-order valence-electron chi connectivity index (χ0n) is 12.7. The van der Waals surface area contributed by atoms with E-state index >= 15 is 0 Å². The van der Waals surface area contributed by atoms with E-state index in [9.17, 15) is 0 Å². The average molecular weight is 278 g/mol. The Morgan fingerprint density at radius 1 is 1.25 bits per heavy atom. The molecule has 1 aliphatic rings. The first-order chi connectivity index (χ1) is 9.85. The number of nitrogens with one attached hydrogen (secondary N) is 1. The fourth-order valence-corrected chi connectivity index (χ4v) is 2.67. The van der Waals surface area contributed by atoms with E-state index < -0.39 is 0 Å². The molecule has 1 fully saturated rings. The van der Waals surface area contributed by atoms with Gasteiger partial charge >= 0.3 is 0 Å². The third-order valence-electron chi connectivity index (χ3n) is 3.68. The molecule has 0 radical (unpaired) electrons. The Kier molecular flexibility index (Phi) is 6.15. The highest BCUT2D eigenvalue weighted by atomic mass is 16.5. The molecular formula is C16H26N2O2. The quantitative estimate of drug-likeness (QED) is 0.740. The molecule has 1 heterocycles. The fourth-order valence-electron chi connectivity index (χ4n) is 2.67. The molecular weight excluding hydrogens is 252 g/mol. The molecule has 2 rings (SSSR count). The lowest BCUT2D eigenvalue weighted by molar-refractivity contribution is 0.308. The Hall–Kier alpha value is -1.26. The maximum Gasteiger partial charge on any atom is 0.165 e. The number of nitrogens with zero attached hydrogens (tertiary/aromatic N) is 1. The lowest BCUT2D eigenvalue weighted by Crippen LogP contribution is -2.29. The predicted molar refractivity (Wildman–Crippen MR) is 81.5 cm³/mol. The Morgan fingerprint density at radius 2 is 2.05 bits per heavy atom. The SMILES string of the molecule is CCOc1cccc(CNCCN2CCCC2)c1OC. The van der Waals surface area contributed by atoms with Gasteiger partial charge in [0.05, 0.1) is 13.7 Å². The van der Waals surface area contributed by atoms with Crippen molar-refractivity contribution >= 4 is 0 Å². The van der Waals surface area contributed by atoms with Crippen molar-refractivity contribution in [3.05, 3.63) is 23.8 Å². The summed E-state index contributed by atoms with van der Waals surface area (Å²) in [4.78, 5) is 2.51. The van der Waals surface area contributed by atoms with Crippen molar-refractivity contribution in [1.82, 2.24) is 10.2 Å². The minimum absolute atomic E-state index is 0.655. The number of hydrogen-bond acceptors (Lipinski definition) is 4. The second-order valence-electron chi connectivity index (χ2n) is 5.11. The third-order valence-corrected chi connectivity index (χ3v) is 3.68. The maximum absolute atomic E-state index is 5.60. The number of ether oxygens (including phenoxy) is 2. The molecule has 1 aromatic rings. The third kappa shape index (κ3) is 4.12. The van der Waals surface area contributed by atoms with Crippen LogP contribution in [0.3, 0.4) is 0 Å². The zero-order valence-corrected chi connectivity index (χ0v) is 12.7. The van der Waals surface area contributed by atoms with Crippen LogP contribution < -0.4 is 14.8 Å². The summed E-state index contributed by atoms with van der Waals surface area (Å²) >= 11 is 0. The molecule has 0 saturated carbocycles. The lowest BCUT2D eigenvalue weighted by Gasteiger charge is -2.16. The van der Waals surface area contributed by atoms with E-state index in [2.05, 4.69) is 16.3 Å². The minimum Gasteiger partial charge on any atom is -0.493 e. The van der Waals surface area contributed by atoms with Gasteiger partial charge in [0.1, 0.15) is 0 Å². The standard InChI is InChI=1S/C16H26N2O2/c1-3-20-15-8-6-7-14(16(15)19-2)13-17-9-12-18-10-4-5-11-18/h6-8,17H,3-5,9-13H2,1-2H3. The molecule has 0 amide bonds.